The second-order valence-corrected chi connectivity index (χ2v) is 9.74. The molecule has 8 nitrogen and oxygen atoms in total. The van der Waals surface area contributed by atoms with E-state index in [-0.39, 0.29) is 24.0 Å². The highest BCUT2D eigenvalue weighted by Crippen LogP contribution is 2.35. The Balaban J connectivity index is 1.73. The number of urea groups is 1. The van der Waals surface area contributed by atoms with Gasteiger partial charge in [0.25, 0.3) is 5.56 Å². The predicted molar refractivity (Wildman–Crippen MR) is 126 cm³/mol. The van der Waals surface area contributed by atoms with Crippen molar-refractivity contribution in [3.05, 3.63) is 44.7 Å². The number of hydrogen-bond acceptors (Lipinski definition) is 7. The van der Waals surface area contributed by atoms with Gasteiger partial charge >= 0.3 is 12.0 Å². The van der Waals surface area contributed by atoms with Crippen LogP contribution in [-0.4, -0.2) is 40.0 Å². The molecule has 4 rings (SSSR count). The molecule has 0 fully saturated rings. The Morgan fingerprint density at radius 2 is 2.16 bits per heavy atom. The molecule has 1 atom stereocenters. The maximum absolute atomic E-state index is 13.4. The molecule has 32 heavy (non-hydrogen) atoms. The first-order chi connectivity index (χ1) is 15.4. The molecule has 10 heteroatoms. The molecule has 0 aromatic carbocycles. The van der Waals surface area contributed by atoms with Gasteiger partial charge in [0.15, 0.2) is 5.16 Å². The van der Waals surface area contributed by atoms with Gasteiger partial charge in [-0.3, -0.25) is 9.36 Å². The van der Waals surface area contributed by atoms with Gasteiger partial charge in [-0.1, -0.05) is 17.8 Å². The number of aromatic nitrogens is 2. The van der Waals surface area contributed by atoms with Crippen LogP contribution in [0.15, 0.2) is 33.9 Å². The maximum atomic E-state index is 13.4. The molecule has 2 aliphatic rings. The minimum absolute atomic E-state index is 0.0564. The summed E-state index contributed by atoms with van der Waals surface area (Å²) < 4.78 is 6.80. The molecule has 2 amide bonds. The second-order valence-electron chi connectivity index (χ2n) is 7.71. The average Bonchev–Trinajstić information content (AvgIpc) is 3.12. The molecule has 0 saturated carbocycles. The fourth-order valence-electron chi connectivity index (χ4n) is 4.15. The lowest BCUT2D eigenvalue weighted by Gasteiger charge is -2.26. The summed E-state index contributed by atoms with van der Waals surface area (Å²) in [5.74, 6) is -0.201. The number of allylic oxidation sites excluding steroid dienone is 1. The van der Waals surface area contributed by atoms with Crippen LogP contribution in [-0.2, 0) is 28.9 Å². The Kier molecular flexibility index (Phi) is 6.71. The first-order valence-electron chi connectivity index (χ1n) is 10.7. The Bertz CT molecular complexity index is 1180. The summed E-state index contributed by atoms with van der Waals surface area (Å²) in [6.45, 7) is 7.84. The van der Waals surface area contributed by atoms with Crippen molar-refractivity contribution in [2.45, 2.75) is 57.3 Å². The zero-order valence-electron chi connectivity index (χ0n) is 18.2. The van der Waals surface area contributed by atoms with E-state index in [0.717, 1.165) is 41.5 Å². The highest BCUT2D eigenvalue weighted by molar-refractivity contribution is 7.99. The number of thiophene rings is 1. The number of nitrogens with one attached hydrogen (secondary N) is 2. The molecule has 2 N–H and O–H groups in total. The molecular formula is C22H26N4O4S2. The average molecular weight is 475 g/mol. The summed E-state index contributed by atoms with van der Waals surface area (Å²) in [4.78, 5) is 44.7. The third-order valence-corrected chi connectivity index (χ3v) is 7.75. The van der Waals surface area contributed by atoms with Crippen LogP contribution in [0.4, 0.5) is 4.79 Å². The highest BCUT2D eigenvalue weighted by atomic mass is 32.2. The van der Waals surface area contributed by atoms with Crippen LogP contribution in [0.5, 0.6) is 0 Å². The zero-order valence-corrected chi connectivity index (χ0v) is 19.8. The number of nitrogens with zero attached hydrogens (tertiary/aromatic N) is 2. The lowest BCUT2D eigenvalue weighted by molar-refractivity contribution is -0.138. The Morgan fingerprint density at radius 3 is 2.91 bits per heavy atom. The van der Waals surface area contributed by atoms with Crippen molar-refractivity contribution in [2.75, 3.05) is 12.4 Å². The molecule has 3 heterocycles. The Morgan fingerprint density at radius 1 is 1.38 bits per heavy atom. The highest BCUT2D eigenvalue weighted by Gasteiger charge is 2.30. The summed E-state index contributed by atoms with van der Waals surface area (Å²) in [5, 5.41) is 6.68. The monoisotopic (exact) mass is 474 g/mol. The number of carbonyl (C=O) groups is 2. The molecule has 2 aromatic rings. The molecule has 1 aliphatic carbocycles. The minimum Gasteiger partial charge on any atom is -0.463 e. The van der Waals surface area contributed by atoms with Crippen molar-refractivity contribution in [1.82, 2.24) is 20.2 Å². The fraction of sp³-hybridized carbons (Fsp3) is 0.455. The van der Waals surface area contributed by atoms with Gasteiger partial charge in [0, 0.05) is 22.9 Å². The second kappa shape index (κ2) is 9.50. The van der Waals surface area contributed by atoms with Crippen molar-refractivity contribution in [2.24, 2.45) is 0 Å². The van der Waals surface area contributed by atoms with Crippen LogP contribution in [0, 0.1) is 0 Å². The summed E-state index contributed by atoms with van der Waals surface area (Å²) in [6, 6.07) is -0.854. The van der Waals surface area contributed by atoms with Gasteiger partial charge in [0.05, 0.1) is 23.6 Å². The van der Waals surface area contributed by atoms with Gasteiger partial charge in [0.2, 0.25) is 0 Å². The van der Waals surface area contributed by atoms with Crippen molar-refractivity contribution in [3.8, 4) is 0 Å². The number of rotatable bonds is 7. The van der Waals surface area contributed by atoms with Crippen LogP contribution in [0.25, 0.3) is 10.2 Å². The molecule has 170 valence electrons. The van der Waals surface area contributed by atoms with Crippen LogP contribution < -0.4 is 16.2 Å². The van der Waals surface area contributed by atoms with E-state index in [1.165, 1.54) is 16.6 Å². The van der Waals surface area contributed by atoms with Crippen molar-refractivity contribution >= 4 is 45.3 Å². The fourth-order valence-corrected chi connectivity index (χ4v) is 6.43. The van der Waals surface area contributed by atoms with Crippen LogP contribution >= 0.6 is 23.1 Å². The SMILES string of the molecule is C=CCn1c(SCC2=C(C(=O)OCC)[C@H](C)NC(=O)N2)nc2sc3c(c2c1=O)CCCC3. The number of aryl methyl sites for hydroxylation is 2. The first kappa shape index (κ1) is 22.6. The predicted octanol–water partition coefficient (Wildman–Crippen LogP) is 3.13. The third kappa shape index (κ3) is 4.21. The van der Waals surface area contributed by atoms with Gasteiger partial charge < -0.3 is 15.4 Å². The molecule has 2 aromatic heterocycles. The van der Waals surface area contributed by atoms with Gasteiger partial charge in [-0.2, -0.15) is 0 Å². The van der Waals surface area contributed by atoms with Gasteiger partial charge in [-0.15, -0.1) is 17.9 Å². The quantitative estimate of drug-likeness (QED) is 0.277. The van der Waals surface area contributed by atoms with E-state index >= 15 is 0 Å². The summed E-state index contributed by atoms with van der Waals surface area (Å²) in [7, 11) is 0. The minimum atomic E-state index is -0.478. The van der Waals surface area contributed by atoms with Crippen LogP contribution in [0.3, 0.4) is 0 Å². The van der Waals surface area contributed by atoms with E-state index in [4.69, 9.17) is 9.72 Å². The first-order valence-corrected chi connectivity index (χ1v) is 12.5. The number of thioether (sulfide) groups is 1. The van der Waals surface area contributed by atoms with Crippen molar-refractivity contribution in [1.29, 1.82) is 0 Å². The smallest absolute Gasteiger partial charge is 0.337 e. The topological polar surface area (TPSA) is 102 Å². The standard InChI is InChI=1S/C22H26N4O4S2/c1-4-10-26-19(27)17-13-8-6-7-9-15(13)32-18(17)25-22(26)31-11-14-16(20(28)30-5-2)12(3)23-21(29)24-14/h4,12H,1,5-11H2,2-3H3,(H2,23,24,29)/t12-/m0/s1. The van der Waals surface area contributed by atoms with Crippen LogP contribution in [0.1, 0.15) is 37.1 Å². The van der Waals surface area contributed by atoms with Crippen molar-refractivity contribution in [3.63, 3.8) is 0 Å². The number of carbonyl (C=O) groups excluding carboxylic acids is 2. The lowest BCUT2D eigenvalue weighted by atomic mass is 9.97. The number of ether oxygens (including phenoxy) is 1. The molecular weight excluding hydrogens is 448 g/mol. The molecule has 1 aliphatic heterocycles. The number of hydrogen-bond donors (Lipinski definition) is 2. The molecule has 0 bridgehead atoms. The molecule has 0 radical (unpaired) electrons. The Hall–Kier alpha value is -2.59. The van der Waals surface area contributed by atoms with Gasteiger partial charge in [-0.05, 0) is 45.1 Å². The van der Waals surface area contributed by atoms with Gasteiger partial charge in [-0.25, -0.2) is 14.6 Å². The summed E-state index contributed by atoms with van der Waals surface area (Å²) in [5.41, 5.74) is 1.94. The number of amides is 2. The van der Waals surface area contributed by atoms with Gasteiger partial charge in [0.1, 0.15) is 4.83 Å². The molecule has 0 spiro atoms. The third-order valence-electron chi connectivity index (χ3n) is 5.56. The van der Waals surface area contributed by atoms with Crippen LogP contribution in [0.2, 0.25) is 0 Å². The van der Waals surface area contributed by atoms with E-state index in [0.29, 0.717) is 23.0 Å². The number of fused-ring (bicyclic) bond motifs is 3. The van der Waals surface area contributed by atoms with Crippen molar-refractivity contribution < 1.29 is 14.3 Å². The number of esters is 1. The molecule has 0 saturated heterocycles. The largest absolute Gasteiger partial charge is 0.463 e. The van der Waals surface area contributed by atoms with E-state index in [1.54, 1.807) is 35.8 Å². The summed E-state index contributed by atoms with van der Waals surface area (Å²) >= 11 is 2.91. The maximum Gasteiger partial charge on any atom is 0.337 e. The summed E-state index contributed by atoms with van der Waals surface area (Å²) in [6.07, 6.45) is 5.81. The Labute approximate surface area is 194 Å². The zero-order chi connectivity index (χ0) is 22.8. The normalized spacial score (nSPS) is 18.2. The van der Waals surface area contributed by atoms with E-state index in [2.05, 4.69) is 17.2 Å². The molecule has 0 unspecified atom stereocenters. The van der Waals surface area contributed by atoms with E-state index < -0.39 is 12.0 Å². The van der Waals surface area contributed by atoms with E-state index in [1.807, 2.05) is 0 Å². The lowest BCUT2D eigenvalue weighted by Crippen LogP contribution is -2.49. The van der Waals surface area contributed by atoms with E-state index in [9.17, 15) is 14.4 Å².